The van der Waals surface area contributed by atoms with Gasteiger partial charge in [0, 0.05) is 18.5 Å². The lowest BCUT2D eigenvalue weighted by Gasteiger charge is -2.24. The van der Waals surface area contributed by atoms with Gasteiger partial charge in [-0.2, -0.15) is 0 Å². The minimum absolute atomic E-state index is 0.0230. The highest BCUT2D eigenvalue weighted by atomic mass is 16.1. The second-order valence-corrected chi connectivity index (χ2v) is 4.43. The Morgan fingerprint density at radius 1 is 1.56 bits per heavy atom. The predicted molar refractivity (Wildman–Crippen MR) is 63.4 cm³/mol. The SMILES string of the molecule is CCCNCc1cc(=O)[nH]c(C2CCC2)n1. The number of hydrogen-bond donors (Lipinski definition) is 2. The summed E-state index contributed by atoms with van der Waals surface area (Å²) in [6, 6.07) is 1.59. The summed E-state index contributed by atoms with van der Waals surface area (Å²) in [4.78, 5) is 18.8. The van der Waals surface area contributed by atoms with Crippen LogP contribution in [0, 0.1) is 0 Å². The summed E-state index contributed by atoms with van der Waals surface area (Å²) in [6.45, 7) is 3.78. The molecule has 4 nitrogen and oxygen atoms in total. The molecule has 0 amide bonds. The normalized spacial score (nSPS) is 16.1. The lowest BCUT2D eigenvalue weighted by molar-refractivity contribution is 0.399. The van der Waals surface area contributed by atoms with Crippen LogP contribution in [0.4, 0.5) is 0 Å². The third kappa shape index (κ3) is 2.70. The lowest BCUT2D eigenvalue weighted by atomic mass is 9.85. The van der Waals surface area contributed by atoms with Crippen LogP contribution in [0.2, 0.25) is 0 Å². The maximum atomic E-state index is 11.5. The molecule has 2 N–H and O–H groups in total. The van der Waals surface area contributed by atoms with Crippen molar-refractivity contribution in [1.29, 1.82) is 0 Å². The molecule has 1 aliphatic rings. The van der Waals surface area contributed by atoms with E-state index in [1.165, 1.54) is 6.42 Å². The highest BCUT2D eigenvalue weighted by Gasteiger charge is 2.22. The summed E-state index contributed by atoms with van der Waals surface area (Å²) in [5, 5.41) is 3.27. The van der Waals surface area contributed by atoms with Crippen LogP contribution in [-0.2, 0) is 6.54 Å². The molecule has 16 heavy (non-hydrogen) atoms. The number of nitrogens with one attached hydrogen (secondary N) is 2. The van der Waals surface area contributed by atoms with Crippen LogP contribution in [-0.4, -0.2) is 16.5 Å². The Hall–Kier alpha value is -1.16. The summed E-state index contributed by atoms with van der Waals surface area (Å²) in [5.74, 6) is 1.37. The van der Waals surface area contributed by atoms with E-state index in [2.05, 4.69) is 22.2 Å². The Kier molecular flexibility index (Phi) is 3.72. The monoisotopic (exact) mass is 221 g/mol. The van der Waals surface area contributed by atoms with Gasteiger partial charge in [0.05, 0.1) is 5.69 Å². The van der Waals surface area contributed by atoms with Crippen molar-refractivity contribution in [2.24, 2.45) is 0 Å². The topological polar surface area (TPSA) is 57.8 Å². The number of nitrogens with zero attached hydrogens (tertiary/aromatic N) is 1. The molecule has 1 aromatic heterocycles. The second kappa shape index (κ2) is 5.25. The van der Waals surface area contributed by atoms with Crippen LogP contribution in [0.25, 0.3) is 0 Å². The van der Waals surface area contributed by atoms with Gasteiger partial charge in [0.25, 0.3) is 5.56 Å². The van der Waals surface area contributed by atoms with E-state index in [1.54, 1.807) is 6.07 Å². The van der Waals surface area contributed by atoms with E-state index in [1.807, 2.05) is 0 Å². The third-order valence-corrected chi connectivity index (χ3v) is 3.04. The van der Waals surface area contributed by atoms with Crippen LogP contribution >= 0.6 is 0 Å². The number of H-pyrrole nitrogens is 1. The molecule has 1 aromatic rings. The van der Waals surface area contributed by atoms with Crippen LogP contribution in [0.3, 0.4) is 0 Å². The number of aromatic amines is 1. The van der Waals surface area contributed by atoms with Crippen molar-refractivity contribution in [2.45, 2.75) is 45.1 Å². The zero-order valence-electron chi connectivity index (χ0n) is 9.75. The van der Waals surface area contributed by atoms with E-state index in [-0.39, 0.29) is 5.56 Å². The molecule has 1 heterocycles. The van der Waals surface area contributed by atoms with Crippen molar-refractivity contribution >= 4 is 0 Å². The van der Waals surface area contributed by atoms with Crippen molar-refractivity contribution < 1.29 is 0 Å². The molecular weight excluding hydrogens is 202 g/mol. The van der Waals surface area contributed by atoms with Gasteiger partial charge in [-0.3, -0.25) is 4.79 Å². The molecule has 0 unspecified atom stereocenters. The quantitative estimate of drug-likeness (QED) is 0.741. The van der Waals surface area contributed by atoms with Crippen molar-refractivity contribution in [1.82, 2.24) is 15.3 Å². The first-order valence-electron chi connectivity index (χ1n) is 6.10. The van der Waals surface area contributed by atoms with Crippen LogP contribution in [0.15, 0.2) is 10.9 Å². The minimum Gasteiger partial charge on any atom is -0.311 e. The minimum atomic E-state index is -0.0230. The zero-order chi connectivity index (χ0) is 11.4. The van der Waals surface area contributed by atoms with E-state index in [4.69, 9.17) is 0 Å². The Morgan fingerprint density at radius 3 is 3.00 bits per heavy atom. The van der Waals surface area contributed by atoms with Crippen LogP contribution in [0.1, 0.15) is 50.0 Å². The fraction of sp³-hybridized carbons (Fsp3) is 0.667. The van der Waals surface area contributed by atoms with Crippen LogP contribution in [0.5, 0.6) is 0 Å². The molecule has 1 aliphatic carbocycles. The van der Waals surface area contributed by atoms with Crippen molar-refractivity contribution in [3.8, 4) is 0 Å². The van der Waals surface area contributed by atoms with Gasteiger partial charge in [-0.1, -0.05) is 13.3 Å². The molecule has 4 heteroatoms. The Balaban J connectivity index is 2.06. The summed E-state index contributed by atoms with van der Waals surface area (Å²) >= 11 is 0. The molecule has 0 atom stereocenters. The standard InChI is InChI=1S/C12H19N3O/c1-2-6-13-8-10-7-11(16)15-12(14-10)9-4-3-5-9/h7,9,13H,2-6,8H2,1H3,(H,14,15,16). The first kappa shape index (κ1) is 11.3. The molecular formula is C12H19N3O. The smallest absolute Gasteiger partial charge is 0.251 e. The first-order chi connectivity index (χ1) is 7.79. The molecule has 0 aliphatic heterocycles. The van der Waals surface area contributed by atoms with Gasteiger partial charge in [-0.15, -0.1) is 0 Å². The molecule has 0 spiro atoms. The molecule has 0 saturated heterocycles. The summed E-state index contributed by atoms with van der Waals surface area (Å²) in [5.41, 5.74) is 0.837. The Bertz CT molecular complexity index is 395. The maximum Gasteiger partial charge on any atom is 0.251 e. The second-order valence-electron chi connectivity index (χ2n) is 4.43. The molecule has 1 saturated carbocycles. The zero-order valence-corrected chi connectivity index (χ0v) is 9.75. The Morgan fingerprint density at radius 2 is 2.38 bits per heavy atom. The summed E-state index contributed by atoms with van der Waals surface area (Å²) in [7, 11) is 0. The summed E-state index contributed by atoms with van der Waals surface area (Å²) < 4.78 is 0. The fourth-order valence-corrected chi connectivity index (χ4v) is 1.89. The molecule has 0 aromatic carbocycles. The van der Waals surface area contributed by atoms with E-state index in [0.717, 1.165) is 37.3 Å². The average molecular weight is 221 g/mol. The van der Waals surface area contributed by atoms with Crippen molar-refractivity contribution in [3.63, 3.8) is 0 Å². The van der Waals surface area contributed by atoms with Crippen LogP contribution < -0.4 is 10.9 Å². The van der Waals surface area contributed by atoms with E-state index in [0.29, 0.717) is 12.5 Å². The molecule has 1 fully saturated rings. The maximum absolute atomic E-state index is 11.5. The van der Waals surface area contributed by atoms with Crippen molar-refractivity contribution in [3.05, 3.63) is 27.9 Å². The van der Waals surface area contributed by atoms with Crippen molar-refractivity contribution in [2.75, 3.05) is 6.54 Å². The van der Waals surface area contributed by atoms with Gasteiger partial charge in [-0.05, 0) is 25.8 Å². The van der Waals surface area contributed by atoms with E-state index < -0.39 is 0 Å². The average Bonchev–Trinajstić information content (AvgIpc) is 2.14. The van der Waals surface area contributed by atoms with E-state index in [9.17, 15) is 4.79 Å². The fourth-order valence-electron chi connectivity index (χ4n) is 1.89. The third-order valence-electron chi connectivity index (χ3n) is 3.04. The predicted octanol–water partition coefficient (Wildman–Crippen LogP) is 1.54. The molecule has 0 radical (unpaired) electrons. The van der Waals surface area contributed by atoms with Gasteiger partial charge in [0.15, 0.2) is 0 Å². The number of rotatable bonds is 5. The first-order valence-corrected chi connectivity index (χ1v) is 6.10. The van der Waals surface area contributed by atoms with Gasteiger partial charge in [-0.25, -0.2) is 4.98 Å². The van der Waals surface area contributed by atoms with Gasteiger partial charge in [0.2, 0.25) is 0 Å². The van der Waals surface area contributed by atoms with E-state index >= 15 is 0 Å². The largest absolute Gasteiger partial charge is 0.311 e. The highest BCUT2D eigenvalue weighted by molar-refractivity contribution is 5.07. The lowest BCUT2D eigenvalue weighted by Crippen LogP contribution is -2.22. The molecule has 2 rings (SSSR count). The Labute approximate surface area is 95.5 Å². The van der Waals surface area contributed by atoms with Gasteiger partial charge < -0.3 is 10.3 Å². The summed E-state index contributed by atoms with van der Waals surface area (Å²) in [6.07, 6.45) is 4.68. The van der Waals surface area contributed by atoms with Gasteiger partial charge in [0.1, 0.15) is 5.82 Å². The molecule has 0 bridgehead atoms. The highest BCUT2D eigenvalue weighted by Crippen LogP contribution is 2.33. The van der Waals surface area contributed by atoms with Gasteiger partial charge >= 0.3 is 0 Å². The number of hydrogen-bond acceptors (Lipinski definition) is 3. The number of aromatic nitrogens is 2. The molecule has 88 valence electrons.